The minimum absolute atomic E-state index is 0.0224. The number of nitro groups is 2. The van der Waals surface area contributed by atoms with Crippen LogP contribution in [0.2, 0.25) is 15.1 Å². The average Bonchev–Trinajstić information content (AvgIpc) is 1.60. The summed E-state index contributed by atoms with van der Waals surface area (Å²) in [5.41, 5.74) is 9.66. The number of fused-ring (bicyclic) bond motifs is 4. The fourth-order valence-corrected chi connectivity index (χ4v) is 16.2. The normalized spacial score (nSPS) is 14.6. The molecule has 0 aliphatic carbocycles. The topological polar surface area (TPSA) is 315 Å². The van der Waals surface area contributed by atoms with Gasteiger partial charge >= 0.3 is 11.4 Å². The lowest BCUT2D eigenvalue weighted by Gasteiger charge is -2.33. The van der Waals surface area contributed by atoms with Crippen molar-refractivity contribution >= 4 is 126 Å². The minimum Gasteiger partial charge on any atom is -0.375 e. The predicted octanol–water partition coefficient (Wildman–Crippen LogP) is 15.9. The minimum atomic E-state index is -3.90. The largest absolute Gasteiger partial charge is 0.375 e. The number of pyridine rings is 4. The van der Waals surface area contributed by atoms with Gasteiger partial charge in [0.25, 0.3) is 30.1 Å². The van der Waals surface area contributed by atoms with Crippen LogP contribution in [0.5, 0.6) is 0 Å². The van der Waals surface area contributed by atoms with Gasteiger partial charge in [0.2, 0.25) is 0 Å². The van der Waals surface area contributed by atoms with Crippen molar-refractivity contribution in [1.29, 1.82) is 0 Å². The third-order valence-corrected chi connectivity index (χ3v) is 22.5. The molecule has 15 rings (SSSR count). The lowest BCUT2D eigenvalue weighted by Crippen LogP contribution is -2.42. The molecule has 4 N–H and O–H groups in total. The summed E-state index contributed by atoms with van der Waals surface area (Å²) in [6.07, 6.45) is 15.4. The Bertz CT molecular complexity index is 5360. The van der Waals surface area contributed by atoms with Gasteiger partial charge in [-0.25, -0.2) is 57.1 Å². The zero-order chi connectivity index (χ0) is 74.6. The number of halogens is 3. The number of aromatic amines is 1. The van der Waals surface area contributed by atoms with Gasteiger partial charge in [-0.15, -0.1) is 0 Å². The summed E-state index contributed by atoms with van der Waals surface area (Å²) in [5.74, 6) is 0. The second kappa shape index (κ2) is 36.5. The number of piperidine rings is 2. The smallest absolute Gasteiger partial charge is 0.311 e. The Morgan fingerprint density at radius 3 is 1.37 bits per heavy atom. The molecule has 30 heteroatoms. The van der Waals surface area contributed by atoms with E-state index in [9.17, 15) is 45.5 Å². The van der Waals surface area contributed by atoms with Gasteiger partial charge < -0.3 is 16.0 Å². The summed E-state index contributed by atoms with van der Waals surface area (Å²) in [6.45, 7) is 13.8. The summed E-state index contributed by atoms with van der Waals surface area (Å²) in [6, 6.07) is 55.2. The Balaban J connectivity index is 0.000000158. The Hall–Kier alpha value is -9.94. The number of hydrogen-bond acceptors (Lipinski definition) is 18. The summed E-state index contributed by atoms with van der Waals surface area (Å²) >= 11 is 17.8. The van der Waals surface area contributed by atoms with Crippen molar-refractivity contribution in [2.75, 3.05) is 31.5 Å². The number of nitrogens with two attached hydrogens (primary N) is 1. The Morgan fingerprint density at radius 1 is 0.490 bits per heavy atom. The number of nitrogens with one attached hydrogen (secondary N) is 2. The fourth-order valence-electron chi connectivity index (χ4n) is 11.5. The van der Waals surface area contributed by atoms with Crippen LogP contribution in [0.25, 0.3) is 44.1 Å². The molecule has 13 aromatic rings. The Kier molecular flexibility index (Phi) is 27.4. The van der Waals surface area contributed by atoms with E-state index in [2.05, 4.69) is 82.5 Å². The highest BCUT2D eigenvalue weighted by Crippen LogP contribution is 2.37. The molecule has 2 fully saturated rings. The maximum absolute atomic E-state index is 13.2. The van der Waals surface area contributed by atoms with E-state index in [1.165, 1.54) is 85.6 Å². The molecule has 24 nitrogen and oxygen atoms in total. The van der Waals surface area contributed by atoms with Crippen LogP contribution in [0.15, 0.2) is 252 Å². The predicted molar refractivity (Wildman–Crippen MR) is 411 cm³/mol. The van der Waals surface area contributed by atoms with Gasteiger partial charge in [0, 0.05) is 91.6 Å². The van der Waals surface area contributed by atoms with Gasteiger partial charge in [-0.05, 0) is 123 Å². The van der Waals surface area contributed by atoms with Crippen LogP contribution in [-0.4, -0.2) is 120 Å². The van der Waals surface area contributed by atoms with Crippen LogP contribution in [0.3, 0.4) is 0 Å². The SMILES string of the molecule is CC.CC.Clc1ccnc2[nH]ccc12.N[C@@H]1CCCN(Cc2ccccc2)C1.O=S(=O)(c1ccccc1)n1ccc2c(Cl)ccnc21.O=[N+]([O-])c1cnc2c(ccn2S(=O)(=O)c2ccccc2)c1Cl.O=[N+]([O-])c1cnc2c(ccn2S(=O)(=O)c2ccccc2)c1N[C@@H]1CCCN(Cc2ccccc2)C1. The van der Waals surface area contributed by atoms with E-state index < -0.39 is 39.9 Å². The first-order chi connectivity index (χ1) is 50.2. The van der Waals surface area contributed by atoms with Crippen molar-refractivity contribution in [2.45, 2.75) is 93.2 Å². The highest BCUT2D eigenvalue weighted by atomic mass is 35.5. The Morgan fingerprint density at radius 2 is 0.894 bits per heavy atom. The third kappa shape index (κ3) is 18.9. The second-order valence-electron chi connectivity index (χ2n) is 23.1. The molecule has 0 amide bonds. The van der Waals surface area contributed by atoms with Crippen molar-refractivity contribution in [3.05, 3.63) is 284 Å². The van der Waals surface area contributed by atoms with Crippen LogP contribution >= 0.6 is 34.8 Å². The number of H-pyrrole nitrogens is 1. The molecule has 5 aromatic carbocycles. The molecule has 2 atom stereocenters. The van der Waals surface area contributed by atoms with Crippen LogP contribution in [-0.2, 0) is 43.2 Å². The number of likely N-dealkylation sites (tertiary alicyclic amines) is 2. The number of benzene rings is 5. The van der Waals surface area contributed by atoms with Gasteiger partial charge in [-0.2, -0.15) is 0 Å². The number of anilines is 1. The van der Waals surface area contributed by atoms with Gasteiger partial charge in [0.1, 0.15) is 28.8 Å². The molecular weight excluding hydrogens is 1450 g/mol. The molecular formula is C74H77Cl3N14O10S3. The van der Waals surface area contributed by atoms with E-state index in [0.717, 1.165) is 85.9 Å². The van der Waals surface area contributed by atoms with Crippen molar-refractivity contribution in [3.63, 3.8) is 0 Å². The monoisotopic (exact) mass is 1520 g/mol. The van der Waals surface area contributed by atoms with E-state index in [-0.39, 0.29) is 53.8 Å². The molecule has 2 aliphatic heterocycles. The molecule has 0 spiro atoms. The van der Waals surface area contributed by atoms with E-state index in [0.29, 0.717) is 33.2 Å². The number of aromatic nitrogens is 8. The summed E-state index contributed by atoms with van der Waals surface area (Å²) < 4.78 is 79.8. The second-order valence-corrected chi connectivity index (χ2v) is 29.8. The maximum atomic E-state index is 13.2. The summed E-state index contributed by atoms with van der Waals surface area (Å²) in [7, 11) is -11.4. The van der Waals surface area contributed by atoms with Gasteiger partial charge in [0.05, 0.1) is 40.0 Å². The lowest BCUT2D eigenvalue weighted by molar-refractivity contribution is -0.384. The standard InChI is InChI=1S/C25H25N5O4S.C13H8ClN3O4S.C13H9ClN2O2S.C12H18N2.C7H5ClN2.2C2H6/c31-30(32)23-16-26-25-22(13-15-29(25)35(33,34)21-11-5-2-6-12-21)24(23)27-20-10-7-14-28(18-20)17-19-8-3-1-4-9-19;14-12-10-6-7-16(13(10)15-8-11(12)17(18)19)22(20,21)9-4-2-1-3-5-9;14-12-6-8-15-13-11(12)7-9-16(13)19(17,18)10-4-2-1-3-5-10;13-12-7-4-8-14(10-12)9-11-5-2-1-3-6-11;8-6-2-4-10-7-5(6)1-3-9-7;2*1-2/h1-6,8-9,11-13,15-16,20H,7,10,14,17-18H2,(H,26,27);1-8H;1-9H;1-3,5-6,12H,4,7-10,13H2;1-4H,(H,9,10);2*1-2H3/t20-;;;12-;;;/m1..1.../s1. The molecule has 2 aliphatic rings. The van der Waals surface area contributed by atoms with Crippen molar-refractivity contribution in [1.82, 2.24) is 46.6 Å². The molecule has 542 valence electrons. The maximum Gasteiger partial charge on any atom is 0.311 e. The van der Waals surface area contributed by atoms with E-state index >= 15 is 0 Å². The highest BCUT2D eigenvalue weighted by Gasteiger charge is 2.30. The zero-order valence-corrected chi connectivity index (χ0v) is 61.9. The molecule has 2 saturated heterocycles. The Labute approximate surface area is 618 Å². The molecule has 10 heterocycles. The molecule has 8 aromatic heterocycles. The highest BCUT2D eigenvalue weighted by molar-refractivity contribution is 7.90. The van der Waals surface area contributed by atoms with E-state index in [1.54, 1.807) is 97.2 Å². The summed E-state index contributed by atoms with van der Waals surface area (Å²) in [5, 5.41) is 29.3. The van der Waals surface area contributed by atoms with Crippen LogP contribution in [0.4, 0.5) is 17.1 Å². The van der Waals surface area contributed by atoms with Crippen LogP contribution in [0.1, 0.15) is 64.5 Å². The summed E-state index contributed by atoms with van der Waals surface area (Å²) in [4.78, 5) is 45.9. The molecule has 0 radical (unpaired) electrons. The average molecular weight is 1530 g/mol. The molecule has 0 unspecified atom stereocenters. The van der Waals surface area contributed by atoms with E-state index in [1.807, 2.05) is 58.2 Å². The van der Waals surface area contributed by atoms with Crippen molar-refractivity contribution in [2.24, 2.45) is 5.73 Å². The van der Waals surface area contributed by atoms with Crippen LogP contribution in [0, 0.1) is 20.2 Å². The van der Waals surface area contributed by atoms with Gasteiger partial charge in [-0.3, -0.25) is 30.0 Å². The molecule has 104 heavy (non-hydrogen) atoms. The molecule has 0 saturated carbocycles. The fraction of sp³-hybridized carbons (Fsp3) is 0.216. The van der Waals surface area contributed by atoms with Crippen molar-refractivity contribution < 1.29 is 35.1 Å². The van der Waals surface area contributed by atoms with E-state index in [4.69, 9.17) is 40.5 Å². The van der Waals surface area contributed by atoms with Crippen molar-refractivity contribution in [3.8, 4) is 0 Å². The first-order valence-electron chi connectivity index (χ1n) is 33.3. The van der Waals surface area contributed by atoms with Gasteiger partial charge in [0.15, 0.2) is 16.9 Å². The zero-order valence-electron chi connectivity index (χ0n) is 57.2. The lowest BCUT2D eigenvalue weighted by atomic mass is 10.0. The van der Waals surface area contributed by atoms with Crippen LogP contribution < -0.4 is 11.1 Å². The first-order valence-corrected chi connectivity index (χ1v) is 38.7. The number of rotatable bonds is 14. The third-order valence-electron chi connectivity index (χ3n) is 16.4. The quantitative estimate of drug-likeness (QED) is 0.0673. The number of nitrogens with zero attached hydrogens (tertiary/aromatic N) is 11. The van der Waals surface area contributed by atoms with Gasteiger partial charge in [-0.1, -0.05) is 178 Å². The molecule has 0 bridgehead atoms. The number of hydrogen-bond donors (Lipinski definition) is 3. The first kappa shape index (κ1) is 78.2.